The SMILES string of the molecule is CC(C)(SCC(=O)Nc1ccc(F)c(F)c1)[C@@H](N)C(=O)O. The summed E-state index contributed by atoms with van der Waals surface area (Å²) >= 11 is 1.06. The zero-order valence-corrected chi connectivity index (χ0v) is 12.3. The molecule has 0 saturated heterocycles. The molecule has 1 aromatic rings. The molecule has 0 heterocycles. The lowest BCUT2D eigenvalue weighted by atomic mass is 10.1. The highest BCUT2D eigenvalue weighted by atomic mass is 32.2. The van der Waals surface area contributed by atoms with E-state index in [1.54, 1.807) is 13.8 Å². The maximum atomic E-state index is 13.0. The number of benzene rings is 1. The Morgan fingerprint density at radius 3 is 2.52 bits per heavy atom. The van der Waals surface area contributed by atoms with Crippen LogP contribution >= 0.6 is 11.8 Å². The van der Waals surface area contributed by atoms with Crippen LogP contribution < -0.4 is 11.1 Å². The predicted octanol–water partition coefficient (Wildman–Crippen LogP) is 1.83. The molecule has 0 aliphatic rings. The molecular weight excluding hydrogens is 302 g/mol. The zero-order chi connectivity index (χ0) is 16.2. The molecule has 0 radical (unpaired) electrons. The second-order valence-electron chi connectivity index (χ2n) is 4.89. The molecule has 1 aromatic carbocycles. The number of nitrogens with one attached hydrogen (secondary N) is 1. The van der Waals surface area contributed by atoms with Crippen molar-refractivity contribution in [3.8, 4) is 0 Å². The van der Waals surface area contributed by atoms with Gasteiger partial charge in [0.1, 0.15) is 6.04 Å². The Balaban J connectivity index is 2.58. The Kier molecular flexibility index (Phi) is 5.68. The van der Waals surface area contributed by atoms with Gasteiger partial charge in [0.05, 0.1) is 5.75 Å². The molecule has 5 nitrogen and oxygen atoms in total. The highest BCUT2D eigenvalue weighted by Gasteiger charge is 2.33. The summed E-state index contributed by atoms with van der Waals surface area (Å²) in [4.78, 5) is 22.5. The van der Waals surface area contributed by atoms with Crippen molar-refractivity contribution < 1.29 is 23.5 Å². The second kappa shape index (κ2) is 6.86. The quantitative estimate of drug-likeness (QED) is 0.744. The molecule has 116 valence electrons. The highest BCUT2D eigenvalue weighted by molar-refractivity contribution is 8.01. The van der Waals surface area contributed by atoms with Crippen LogP contribution in [0.15, 0.2) is 18.2 Å². The minimum absolute atomic E-state index is 0.0625. The number of carbonyl (C=O) groups excluding carboxylic acids is 1. The van der Waals surface area contributed by atoms with E-state index < -0.39 is 34.3 Å². The minimum Gasteiger partial charge on any atom is -0.480 e. The Morgan fingerprint density at radius 2 is 2.00 bits per heavy atom. The topological polar surface area (TPSA) is 92.4 Å². The number of halogens is 2. The van der Waals surface area contributed by atoms with Crippen LogP contribution in [-0.4, -0.2) is 33.5 Å². The number of anilines is 1. The van der Waals surface area contributed by atoms with Crippen molar-refractivity contribution in [3.63, 3.8) is 0 Å². The van der Waals surface area contributed by atoms with Crippen LogP contribution in [0.25, 0.3) is 0 Å². The number of aliphatic carboxylic acids is 1. The van der Waals surface area contributed by atoms with E-state index in [0.717, 1.165) is 23.9 Å². The van der Waals surface area contributed by atoms with Crippen LogP contribution in [0.3, 0.4) is 0 Å². The maximum absolute atomic E-state index is 13.0. The summed E-state index contributed by atoms with van der Waals surface area (Å²) in [5, 5.41) is 11.3. The number of carboxylic acid groups (broad SMARTS) is 1. The van der Waals surface area contributed by atoms with Gasteiger partial charge in [0, 0.05) is 16.5 Å². The maximum Gasteiger partial charge on any atom is 0.321 e. The van der Waals surface area contributed by atoms with Crippen molar-refractivity contribution in [1.29, 1.82) is 0 Å². The third-order valence-electron chi connectivity index (χ3n) is 2.79. The largest absolute Gasteiger partial charge is 0.480 e. The lowest BCUT2D eigenvalue weighted by Crippen LogP contribution is -2.47. The van der Waals surface area contributed by atoms with E-state index in [1.165, 1.54) is 6.07 Å². The fourth-order valence-electron chi connectivity index (χ4n) is 1.41. The van der Waals surface area contributed by atoms with Crippen LogP contribution in [-0.2, 0) is 9.59 Å². The van der Waals surface area contributed by atoms with Gasteiger partial charge in [-0.25, -0.2) is 8.78 Å². The lowest BCUT2D eigenvalue weighted by Gasteiger charge is -2.27. The molecular formula is C13H16F2N2O3S. The van der Waals surface area contributed by atoms with Gasteiger partial charge in [0.2, 0.25) is 5.91 Å². The summed E-state index contributed by atoms with van der Waals surface area (Å²) in [6.07, 6.45) is 0. The molecule has 0 fully saturated rings. The van der Waals surface area contributed by atoms with Crippen molar-refractivity contribution in [1.82, 2.24) is 0 Å². The highest BCUT2D eigenvalue weighted by Crippen LogP contribution is 2.27. The van der Waals surface area contributed by atoms with E-state index in [-0.39, 0.29) is 11.4 Å². The van der Waals surface area contributed by atoms with E-state index in [9.17, 15) is 18.4 Å². The molecule has 0 aromatic heterocycles. The van der Waals surface area contributed by atoms with E-state index in [4.69, 9.17) is 10.8 Å². The number of hydrogen-bond donors (Lipinski definition) is 3. The third kappa shape index (κ3) is 4.98. The number of hydrogen-bond acceptors (Lipinski definition) is 4. The van der Waals surface area contributed by atoms with Crippen LogP contribution in [0.1, 0.15) is 13.8 Å². The van der Waals surface area contributed by atoms with Gasteiger partial charge in [-0.15, -0.1) is 11.8 Å². The first-order chi connectivity index (χ1) is 9.63. The Labute approximate surface area is 124 Å². The number of thioether (sulfide) groups is 1. The summed E-state index contributed by atoms with van der Waals surface area (Å²) in [6.45, 7) is 3.22. The number of nitrogens with two attached hydrogens (primary N) is 1. The average Bonchev–Trinajstić information content (AvgIpc) is 2.40. The van der Waals surface area contributed by atoms with Crippen molar-refractivity contribution in [3.05, 3.63) is 29.8 Å². The molecule has 1 amide bonds. The molecule has 0 spiro atoms. The third-order valence-corrected chi connectivity index (χ3v) is 4.20. The molecule has 8 heteroatoms. The number of carbonyl (C=O) groups is 2. The summed E-state index contributed by atoms with van der Waals surface area (Å²) in [6, 6.07) is 1.88. The Bertz CT molecular complexity index is 552. The first-order valence-corrected chi connectivity index (χ1v) is 6.99. The van der Waals surface area contributed by atoms with Crippen LogP contribution in [0.4, 0.5) is 14.5 Å². The first-order valence-electron chi connectivity index (χ1n) is 6.00. The predicted molar refractivity (Wildman–Crippen MR) is 77.1 cm³/mol. The summed E-state index contributed by atoms with van der Waals surface area (Å²) < 4.78 is 24.9. The molecule has 0 saturated carbocycles. The number of carboxylic acids is 1. The van der Waals surface area contributed by atoms with Gasteiger partial charge in [-0.3, -0.25) is 9.59 Å². The molecule has 0 aliphatic carbocycles. The number of rotatable bonds is 6. The fraction of sp³-hybridized carbons (Fsp3) is 0.385. The van der Waals surface area contributed by atoms with Crippen molar-refractivity contribution in [2.75, 3.05) is 11.1 Å². The van der Waals surface area contributed by atoms with Gasteiger partial charge in [0.25, 0.3) is 0 Å². The molecule has 1 atom stereocenters. The number of amides is 1. The Hall–Kier alpha value is -1.67. The monoisotopic (exact) mass is 318 g/mol. The van der Waals surface area contributed by atoms with E-state index in [0.29, 0.717) is 0 Å². The summed E-state index contributed by atoms with van der Waals surface area (Å²) in [5.41, 5.74) is 5.65. The summed E-state index contributed by atoms with van der Waals surface area (Å²) in [7, 11) is 0. The Morgan fingerprint density at radius 1 is 1.38 bits per heavy atom. The van der Waals surface area contributed by atoms with Gasteiger partial charge in [-0.2, -0.15) is 0 Å². The lowest BCUT2D eigenvalue weighted by molar-refractivity contribution is -0.139. The molecule has 4 N–H and O–H groups in total. The zero-order valence-electron chi connectivity index (χ0n) is 11.5. The van der Waals surface area contributed by atoms with Crippen molar-refractivity contribution in [2.24, 2.45) is 5.73 Å². The fourth-order valence-corrected chi connectivity index (χ4v) is 2.27. The second-order valence-corrected chi connectivity index (χ2v) is 6.51. The van der Waals surface area contributed by atoms with Gasteiger partial charge in [0.15, 0.2) is 11.6 Å². The van der Waals surface area contributed by atoms with E-state index in [1.807, 2.05) is 0 Å². The van der Waals surface area contributed by atoms with Crippen LogP contribution in [0.2, 0.25) is 0 Å². The van der Waals surface area contributed by atoms with Crippen molar-refractivity contribution in [2.45, 2.75) is 24.6 Å². The first kappa shape index (κ1) is 17.4. The van der Waals surface area contributed by atoms with Crippen molar-refractivity contribution >= 4 is 29.3 Å². The normalized spacial score (nSPS) is 12.8. The van der Waals surface area contributed by atoms with Gasteiger partial charge in [-0.05, 0) is 26.0 Å². The van der Waals surface area contributed by atoms with Crippen LogP contribution in [0.5, 0.6) is 0 Å². The minimum atomic E-state index is -1.16. The summed E-state index contributed by atoms with van der Waals surface area (Å²) in [5.74, 6) is -3.75. The van der Waals surface area contributed by atoms with E-state index >= 15 is 0 Å². The van der Waals surface area contributed by atoms with Gasteiger partial charge >= 0.3 is 5.97 Å². The van der Waals surface area contributed by atoms with Crippen LogP contribution in [0, 0.1) is 11.6 Å². The molecule has 21 heavy (non-hydrogen) atoms. The molecule has 1 rings (SSSR count). The molecule has 0 aliphatic heterocycles. The average molecular weight is 318 g/mol. The van der Waals surface area contributed by atoms with E-state index in [2.05, 4.69) is 5.32 Å². The smallest absolute Gasteiger partial charge is 0.321 e. The van der Waals surface area contributed by atoms with Gasteiger partial charge < -0.3 is 16.2 Å². The molecule has 0 bridgehead atoms. The van der Waals surface area contributed by atoms with Gasteiger partial charge in [-0.1, -0.05) is 0 Å². The molecule has 0 unspecified atom stereocenters. The standard InChI is InChI=1S/C13H16F2N2O3S/c1-13(2,11(16)12(19)20)21-6-10(18)17-7-3-4-8(14)9(15)5-7/h3-5,11H,6,16H2,1-2H3,(H,17,18)(H,19,20)/t11-/m0/s1.